The molecule has 0 saturated carbocycles. The maximum atomic E-state index is 8.58. The first-order valence-electron chi connectivity index (χ1n) is 0.612. The van der Waals surface area contributed by atoms with Crippen molar-refractivity contribution in [2.75, 3.05) is 0 Å². The first kappa shape index (κ1) is 9.07. The summed E-state index contributed by atoms with van der Waals surface area (Å²) in [6.45, 7) is 0. The maximum absolute atomic E-state index is 8.58. The summed E-state index contributed by atoms with van der Waals surface area (Å²) < 4.78 is 25.8. The summed E-state index contributed by atoms with van der Waals surface area (Å²) in [5.41, 5.74) is 0. The second-order valence-electron chi connectivity index (χ2n) is 0.250. The van der Waals surface area contributed by atoms with Crippen molar-refractivity contribution in [1.82, 2.24) is 0 Å². The van der Waals surface area contributed by atoms with Gasteiger partial charge in [0.25, 0.3) is 0 Å². The Morgan fingerprint density at radius 1 is 1.40 bits per heavy atom. The average Bonchev–Trinajstić information content (AvgIpc) is 0.811. The molecule has 0 heterocycles. The van der Waals surface area contributed by atoms with Gasteiger partial charge in [0, 0.05) is 0 Å². The monoisotopic (exact) mass is 181 g/mol. The second-order valence-corrected chi connectivity index (χ2v) is 1.30. The Morgan fingerprint density at radius 3 is 1.40 bits per heavy atom. The van der Waals surface area contributed by atoms with Crippen LogP contribution < -0.4 is 8.27 Å². The first-order valence-corrected chi connectivity index (χ1v) is 3.18. The van der Waals surface area contributed by atoms with Crippen LogP contribution in [0.3, 0.4) is 0 Å². The van der Waals surface area contributed by atoms with Gasteiger partial charge in [0.1, 0.15) is 0 Å². The molecule has 0 unspecified atom stereocenters. The minimum atomic E-state index is -4.08. The summed E-state index contributed by atoms with van der Waals surface area (Å²) >= 11 is -4.08. The van der Waals surface area contributed by atoms with E-state index in [1.165, 1.54) is 0 Å². The fraction of sp³-hybridized carbons (Fsp3) is 0. The molecule has 0 amide bonds. The SMILES string of the molecule is [Co+2].[O]=[Ge]([O-])[O-]. The van der Waals surface area contributed by atoms with Crippen LogP contribution in [0.15, 0.2) is 0 Å². The molecular weight excluding hydrogens is 180 g/mol. The van der Waals surface area contributed by atoms with Gasteiger partial charge in [-0.2, -0.15) is 0 Å². The van der Waals surface area contributed by atoms with Gasteiger partial charge < -0.3 is 0 Å². The fourth-order valence-electron chi connectivity index (χ4n) is 0. The van der Waals surface area contributed by atoms with E-state index in [2.05, 4.69) is 0 Å². The van der Waals surface area contributed by atoms with Gasteiger partial charge in [-0.25, -0.2) is 0 Å². The molecule has 0 rings (SSSR count). The van der Waals surface area contributed by atoms with Crippen molar-refractivity contribution in [1.29, 1.82) is 0 Å². The van der Waals surface area contributed by atoms with E-state index in [4.69, 9.17) is 12.0 Å². The van der Waals surface area contributed by atoms with Gasteiger partial charge in [-0.3, -0.25) is 0 Å². The van der Waals surface area contributed by atoms with E-state index in [9.17, 15) is 0 Å². The van der Waals surface area contributed by atoms with E-state index < -0.39 is 15.0 Å². The molecule has 0 N–H and O–H groups in total. The zero-order valence-corrected chi connectivity index (χ0v) is 5.20. The summed E-state index contributed by atoms with van der Waals surface area (Å²) in [4.78, 5) is 0. The predicted octanol–water partition coefficient (Wildman–Crippen LogP) is -2.88. The summed E-state index contributed by atoms with van der Waals surface area (Å²) in [6.07, 6.45) is 0. The van der Waals surface area contributed by atoms with Crippen LogP contribution in [0, 0.1) is 0 Å². The molecule has 0 aliphatic heterocycles. The van der Waals surface area contributed by atoms with Crippen LogP contribution in [-0.4, -0.2) is 15.0 Å². The van der Waals surface area contributed by atoms with Gasteiger partial charge >= 0.3 is 43.8 Å². The average molecular weight is 180 g/mol. The van der Waals surface area contributed by atoms with Crippen LogP contribution in [0.25, 0.3) is 0 Å². The van der Waals surface area contributed by atoms with Gasteiger partial charge in [-0.1, -0.05) is 0 Å². The van der Waals surface area contributed by atoms with Crippen molar-refractivity contribution >= 4 is 15.0 Å². The summed E-state index contributed by atoms with van der Waals surface area (Å²) in [5, 5.41) is 0. The summed E-state index contributed by atoms with van der Waals surface area (Å²) in [5.74, 6) is 0. The Balaban J connectivity index is 0. The van der Waals surface area contributed by atoms with Crippen LogP contribution in [0.4, 0.5) is 0 Å². The van der Waals surface area contributed by atoms with E-state index >= 15 is 0 Å². The van der Waals surface area contributed by atoms with Crippen molar-refractivity contribution in [2.24, 2.45) is 0 Å². The van der Waals surface area contributed by atoms with E-state index in [0.29, 0.717) is 0 Å². The molecule has 0 aromatic heterocycles. The standard InChI is InChI=1S/Co.GeO3/c;2-1(3)4/q+2;-2. The minimum absolute atomic E-state index is 0. The molecule has 31 valence electrons. The Kier molecular flexibility index (Phi) is 8.07. The van der Waals surface area contributed by atoms with Crippen LogP contribution >= 0.6 is 0 Å². The molecular formula is CoGeO3. The summed E-state index contributed by atoms with van der Waals surface area (Å²) in [7, 11) is 0. The molecule has 0 aromatic rings. The molecule has 0 spiro atoms. The number of hydrogen-bond acceptors (Lipinski definition) is 3. The third-order valence-electron chi connectivity index (χ3n) is 0. The van der Waals surface area contributed by atoms with Gasteiger partial charge in [-0.05, 0) is 0 Å². The van der Waals surface area contributed by atoms with Gasteiger partial charge in [0.2, 0.25) is 0 Å². The van der Waals surface area contributed by atoms with E-state index in [0.717, 1.165) is 0 Å². The zero-order chi connectivity index (χ0) is 3.58. The Hall–Kier alpha value is 0.449. The molecule has 5 heteroatoms. The van der Waals surface area contributed by atoms with Crippen LogP contribution in [-0.2, 0) is 20.6 Å². The van der Waals surface area contributed by atoms with Crippen LogP contribution in [0.1, 0.15) is 0 Å². The molecule has 3 nitrogen and oxygen atoms in total. The van der Waals surface area contributed by atoms with Crippen molar-refractivity contribution in [3.8, 4) is 0 Å². The fourth-order valence-corrected chi connectivity index (χ4v) is 0. The third kappa shape index (κ3) is 132. The zero-order valence-electron chi connectivity index (χ0n) is 2.06. The Bertz CT molecular complexity index is 29.9. The van der Waals surface area contributed by atoms with Gasteiger partial charge in [-0.15, -0.1) is 0 Å². The van der Waals surface area contributed by atoms with Crippen LogP contribution in [0.2, 0.25) is 0 Å². The predicted molar refractivity (Wildman–Crippen MR) is 6.44 cm³/mol. The van der Waals surface area contributed by atoms with Crippen molar-refractivity contribution < 1.29 is 28.8 Å². The molecule has 0 fully saturated rings. The molecule has 0 atom stereocenters. The van der Waals surface area contributed by atoms with E-state index in [1.807, 2.05) is 0 Å². The Morgan fingerprint density at radius 2 is 1.40 bits per heavy atom. The van der Waals surface area contributed by atoms with Gasteiger partial charge in [0.15, 0.2) is 0 Å². The molecule has 5 heavy (non-hydrogen) atoms. The number of rotatable bonds is 0. The summed E-state index contributed by atoms with van der Waals surface area (Å²) in [6, 6.07) is 0. The van der Waals surface area contributed by atoms with Crippen molar-refractivity contribution in [3.05, 3.63) is 0 Å². The van der Waals surface area contributed by atoms with Crippen molar-refractivity contribution in [3.63, 3.8) is 0 Å². The molecule has 0 saturated heterocycles. The second kappa shape index (κ2) is 4.45. The molecule has 1 radical (unpaired) electrons. The molecule has 0 aliphatic carbocycles. The van der Waals surface area contributed by atoms with E-state index in [-0.39, 0.29) is 16.8 Å². The topological polar surface area (TPSA) is 63.2 Å². The van der Waals surface area contributed by atoms with E-state index in [1.54, 1.807) is 0 Å². The number of hydrogen-bond donors (Lipinski definition) is 0. The Labute approximate surface area is 44.2 Å². The molecule has 0 aromatic carbocycles. The quantitative estimate of drug-likeness (QED) is 0.376. The van der Waals surface area contributed by atoms with Gasteiger partial charge in [0.05, 0.1) is 0 Å². The normalized spacial score (nSPS) is 4.80. The van der Waals surface area contributed by atoms with Crippen molar-refractivity contribution in [2.45, 2.75) is 0 Å². The van der Waals surface area contributed by atoms with Crippen LogP contribution in [0.5, 0.6) is 0 Å². The first-order chi connectivity index (χ1) is 1.73. The molecule has 0 bridgehead atoms. The molecule has 0 aliphatic rings. The third-order valence-corrected chi connectivity index (χ3v) is 0.